The van der Waals surface area contributed by atoms with E-state index in [2.05, 4.69) is 22.2 Å². The molecule has 0 saturated heterocycles. The number of guanidine groups is 1. The molecule has 1 aromatic carbocycles. The van der Waals surface area contributed by atoms with Crippen LogP contribution in [0.25, 0.3) is 0 Å². The van der Waals surface area contributed by atoms with Crippen LogP contribution in [0, 0.1) is 0 Å². The number of benzene rings is 1. The van der Waals surface area contributed by atoms with Gasteiger partial charge in [-0.05, 0) is 29.8 Å². The predicted octanol–water partition coefficient (Wildman–Crippen LogP) is 4.38. The minimum atomic E-state index is -4.36. The fourth-order valence-electron chi connectivity index (χ4n) is 2.12. The zero-order valence-electron chi connectivity index (χ0n) is 14.1. The molecular formula is C18H21F3IN3O. The third-order valence-corrected chi connectivity index (χ3v) is 3.33. The van der Waals surface area contributed by atoms with Crippen LogP contribution >= 0.6 is 24.0 Å². The minimum absolute atomic E-state index is 0. The standard InChI is InChI=1S/C18H20F3N3O.HI/c1-2-9-22-17(23-10-8-16-7-4-11-25-16)24-13-14-5-3-6-15(12-14)18(19,20)21;/h2-7,11-12H,1,8-10,13H2,(H2,22,23,24);1H. The normalized spacial score (nSPS) is 11.6. The Labute approximate surface area is 167 Å². The van der Waals surface area contributed by atoms with Gasteiger partial charge in [0.15, 0.2) is 5.96 Å². The van der Waals surface area contributed by atoms with Crippen molar-refractivity contribution < 1.29 is 17.6 Å². The average molecular weight is 479 g/mol. The number of halogens is 4. The summed E-state index contributed by atoms with van der Waals surface area (Å²) in [6.45, 7) is 4.84. The van der Waals surface area contributed by atoms with Gasteiger partial charge in [-0.15, -0.1) is 30.6 Å². The van der Waals surface area contributed by atoms with Gasteiger partial charge in [-0.1, -0.05) is 18.2 Å². The van der Waals surface area contributed by atoms with Crippen LogP contribution in [0.5, 0.6) is 0 Å². The molecule has 26 heavy (non-hydrogen) atoms. The van der Waals surface area contributed by atoms with Crippen LogP contribution in [-0.2, 0) is 19.1 Å². The number of furan rings is 1. The van der Waals surface area contributed by atoms with E-state index in [-0.39, 0.29) is 30.5 Å². The van der Waals surface area contributed by atoms with Gasteiger partial charge in [-0.3, -0.25) is 0 Å². The van der Waals surface area contributed by atoms with Gasteiger partial charge in [0.25, 0.3) is 0 Å². The highest BCUT2D eigenvalue weighted by Gasteiger charge is 2.30. The Bertz CT molecular complexity index is 700. The summed E-state index contributed by atoms with van der Waals surface area (Å²) in [5.74, 6) is 1.34. The van der Waals surface area contributed by atoms with Gasteiger partial charge >= 0.3 is 6.18 Å². The van der Waals surface area contributed by atoms with E-state index in [1.165, 1.54) is 6.07 Å². The molecule has 2 rings (SSSR count). The van der Waals surface area contributed by atoms with E-state index in [4.69, 9.17) is 4.42 Å². The van der Waals surface area contributed by atoms with Crippen molar-refractivity contribution in [3.8, 4) is 0 Å². The van der Waals surface area contributed by atoms with Gasteiger partial charge in [0.1, 0.15) is 5.76 Å². The Balaban J connectivity index is 0.00000338. The lowest BCUT2D eigenvalue weighted by Crippen LogP contribution is -2.38. The zero-order valence-corrected chi connectivity index (χ0v) is 16.4. The first-order valence-electron chi connectivity index (χ1n) is 7.80. The van der Waals surface area contributed by atoms with Crippen molar-refractivity contribution in [3.05, 3.63) is 72.2 Å². The van der Waals surface area contributed by atoms with Crippen LogP contribution in [0.3, 0.4) is 0 Å². The maximum atomic E-state index is 12.8. The molecule has 1 aromatic heterocycles. The first kappa shape index (κ1) is 22.1. The number of alkyl halides is 3. The molecule has 0 aliphatic carbocycles. The molecule has 0 amide bonds. The molecular weight excluding hydrogens is 458 g/mol. The predicted molar refractivity (Wildman–Crippen MR) is 107 cm³/mol. The fourth-order valence-corrected chi connectivity index (χ4v) is 2.12. The third-order valence-electron chi connectivity index (χ3n) is 3.33. The highest BCUT2D eigenvalue weighted by molar-refractivity contribution is 14.0. The summed E-state index contributed by atoms with van der Waals surface area (Å²) in [6.07, 6.45) is -0.405. The van der Waals surface area contributed by atoms with Crippen molar-refractivity contribution >= 4 is 29.9 Å². The number of aliphatic imine (C=N–C) groups is 1. The van der Waals surface area contributed by atoms with Crippen LogP contribution in [0.4, 0.5) is 13.2 Å². The van der Waals surface area contributed by atoms with Crippen molar-refractivity contribution in [2.24, 2.45) is 4.99 Å². The van der Waals surface area contributed by atoms with E-state index in [0.717, 1.165) is 17.9 Å². The fraction of sp³-hybridized carbons (Fsp3) is 0.278. The third kappa shape index (κ3) is 7.51. The molecule has 4 nitrogen and oxygen atoms in total. The van der Waals surface area contributed by atoms with E-state index in [0.29, 0.717) is 31.0 Å². The lowest BCUT2D eigenvalue weighted by atomic mass is 10.1. The maximum absolute atomic E-state index is 12.8. The van der Waals surface area contributed by atoms with Gasteiger partial charge in [0.05, 0.1) is 18.4 Å². The number of nitrogens with one attached hydrogen (secondary N) is 2. The number of hydrogen-bond donors (Lipinski definition) is 2. The summed E-state index contributed by atoms with van der Waals surface area (Å²) >= 11 is 0. The van der Waals surface area contributed by atoms with Gasteiger partial charge in [0.2, 0.25) is 0 Å². The Hall–Kier alpha value is -1.97. The zero-order chi connectivity index (χ0) is 18.1. The van der Waals surface area contributed by atoms with E-state index in [1.54, 1.807) is 18.4 Å². The van der Waals surface area contributed by atoms with Crippen LogP contribution in [0.1, 0.15) is 16.9 Å². The number of rotatable bonds is 7. The molecule has 0 atom stereocenters. The molecule has 0 aliphatic rings. The monoisotopic (exact) mass is 479 g/mol. The van der Waals surface area contributed by atoms with E-state index < -0.39 is 11.7 Å². The maximum Gasteiger partial charge on any atom is 0.416 e. The lowest BCUT2D eigenvalue weighted by Gasteiger charge is -2.11. The van der Waals surface area contributed by atoms with Crippen LogP contribution < -0.4 is 10.6 Å². The summed E-state index contributed by atoms with van der Waals surface area (Å²) in [5.41, 5.74) is -0.188. The molecule has 0 aliphatic heterocycles. The first-order valence-corrected chi connectivity index (χ1v) is 7.80. The second-order valence-corrected chi connectivity index (χ2v) is 5.29. The molecule has 0 unspecified atom stereocenters. The summed E-state index contributed by atoms with van der Waals surface area (Å²) in [6, 6.07) is 8.84. The van der Waals surface area contributed by atoms with Crippen LogP contribution in [0.2, 0.25) is 0 Å². The van der Waals surface area contributed by atoms with Crippen LogP contribution in [0.15, 0.2) is 64.7 Å². The molecule has 1 heterocycles. The van der Waals surface area contributed by atoms with Crippen molar-refractivity contribution in [1.82, 2.24) is 10.6 Å². The smallest absolute Gasteiger partial charge is 0.416 e. The van der Waals surface area contributed by atoms with Crippen LogP contribution in [-0.4, -0.2) is 19.0 Å². The molecule has 142 valence electrons. The number of nitrogens with zero attached hydrogens (tertiary/aromatic N) is 1. The SMILES string of the molecule is C=CCNC(=NCc1cccc(C(F)(F)F)c1)NCCc1ccco1.I. The van der Waals surface area contributed by atoms with E-state index >= 15 is 0 Å². The molecule has 0 bridgehead atoms. The highest BCUT2D eigenvalue weighted by atomic mass is 127. The molecule has 2 N–H and O–H groups in total. The van der Waals surface area contributed by atoms with Gasteiger partial charge < -0.3 is 15.1 Å². The second kappa shape index (κ2) is 10.9. The van der Waals surface area contributed by atoms with Crippen molar-refractivity contribution in [3.63, 3.8) is 0 Å². The molecule has 0 spiro atoms. The molecule has 0 fully saturated rings. The number of hydrogen-bond acceptors (Lipinski definition) is 2. The first-order chi connectivity index (χ1) is 12.0. The highest BCUT2D eigenvalue weighted by Crippen LogP contribution is 2.29. The molecule has 8 heteroatoms. The van der Waals surface area contributed by atoms with E-state index in [9.17, 15) is 13.2 Å². The Morgan fingerprint density at radius 1 is 1.19 bits per heavy atom. The minimum Gasteiger partial charge on any atom is -0.469 e. The summed E-state index contributed by atoms with van der Waals surface area (Å²) < 4.78 is 43.5. The van der Waals surface area contributed by atoms with Crippen molar-refractivity contribution in [1.29, 1.82) is 0 Å². The summed E-state index contributed by atoms with van der Waals surface area (Å²) in [4.78, 5) is 4.32. The Morgan fingerprint density at radius 2 is 2.00 bits per heavy atom. The lowest BCUT2D eigenvalue weighted by molar-refractivity contribution is -0.137. The summed E-state index contributed by atoms with van der Waals surface area (Å²) in [5, 5.41) is 6.15. The van der Waals surface area contributed by atoms with E-state index in [1.807, 2.05) is 12.1 Å². The molecule has 0 radical (unpaired) electrons. The summed E-state index contributed by atoms with van der Waals surface area (Å²) in [7, 11) is 0. The molecule has 0 saturated carbocycles. The van der Waals surface area contributed by atoms with Crippen molar-refractivity contribution in [2.45, 2.75) is 19.1 Å². The second-order valence-electron chi connectivity index (χ2n) is 5.29. The Kier molecular flexibility index (Phi) is 9.25. The Morgan fingerprint density at radius 3 is 2.65 bits per heavy atom. The van der Waals surface area contributed by atoms with Gasteiger partial charge in [-0.2, -0.15) is 13.2 Å². The quantitative estimate of drug-likeness (QED) is 0.268. The molecule has 2 aromatic rings. The largest absolute Gasteiger partial charge is 0.469 e. The average Bonchev–Trinajstić information content (AvgIpc) is 3.09. The topological polar surface area (TPSA) is 49.6 Å². The van der Waals surface area contributed by atoms with Gasteiger partial charge in [-0.25, -0.2) is 4.99 Å². The van der Waals surface area contributed by atoms with Crippen molar-refractivity contribution in [2.75, 3.05) is 13.1 Å². The van der Waals surface area contributed by atoms with Gasteiger partial charge in [0, 0.05) is 19.5 Å².